The Labute approximate surface area is 130 Å². The van der Waals surface area contributed by atoms with Crippen molar-refractivity contribution in [3.8, 4) is 0 Å². The van der Waals surface area contributed by atoms with Crippen LogP contribution >= 0.6 is 23.1 Å². The normalized spacial score (nSPS) is 9.95. The number of carbonyl (C=O) groups excluding carboxylic acids is 2. The number of thioether (sulfide) groups is 1. The van der Waals surface area contributed by atoms with Crippen molar-refractivity contribution in [2.45, 2.75) is 12.7 Å². The van der Waals surface area contributed by atoms with Crippen LogP contribution in [0.25, 0.3) is 0 Å². The van der Waals surface area contributed by atoms with Crippen LogP contribution in [0.1, 0.15) is 22.3 Å². The maximum Gasteiger partial charge on any atom is 0.350 e. The first kappa shape index (κ1) is 17.2. The Kier molecular flexibility index (Phi) is 7.54. The molecular formula is C11H17N5O3S2. The summed E-state index contributed by atoms with van der Waals surface area (Å²) in [6.07, 6.45) is 0.641. The number of guanidine groups is 1. The number of rotatable bonds is 9. The molecule has 1 rings (SSSR count). The second kappa shape index (κ2) is 9.19. The third kappa shape index (κ3) is 6.00. The molecule has 0 saturated heterocycles. The zero-order valence-corrected chi connectivity index (χ0v) is 13.1. The fourth-order valence-corrected chi connectivity index (χ4v) is 3.12. The van der Waals surface area contributed by atoms with E-state index in [1.807, 2.05) is 0 Å². The summed E-state index contributed by atoms with van der Waals surface area (Å²) < 4.78 is 4.98. The second-order valence-corrected chi connectivity index (χ2v) is 5.78. The molecule has 0 atom stereocenters. The van der Waals surface area contributed by atoms with Gasteiger partial charge < -0.3 is 21.1 Å². The van der Waals surface area contributed by atoms with Crippen LogP contribution in [0.3, 0.4) is 0 Å². The van der Waals surface area contributed by atoms with Crippen LogP contribution in [0.2, 0.25) is 0 Å². The smallest absolute Gasteiger partial charge is 0.350 e. The average molecular weight is 331 g/mol. The van der Waals surface area contributed by atoms with Crippen molar-refractivity contribution in [2.24, 2.45) is 5.73 Å². The van der Waals surface area contributed by atoms with Gasteiger partial charge in [0, 0.05) is 18.1 Å². The number of hydrogen-bond acceptors (Lipinski definition) is 7. The van der Waals surface area contributed by atoms with Crippen LogP contribution in [0, 0.1) is 5.41 Å². The molecule has 0 unspecified atom stereocenters. The highest BCUT2D eigenvalue weighted by Crippen LogP contribution is 2.26. The molecule has 0 saturated carbocycles. The fourth-order valence-electron chi connectivity index (χ4n) is 1.33. The van der Waals surface area contributed by atoms with Gasteiger partial charge in [-0.1, -0.05) is 11.3 Å². The number of carbonyl (C=O) groups is 2. The number of hydrogen-bond donors (Lipinski definition) is 4. The highest BCUT2D eigenvalue weighted by Gasteiger charge is 2.19. The zero-order valence-electron chi connectivity index (χ0n) is 11.5. The Morgan fingerprint density at radius 1 is 1.62 bits per heavy atom. The lowest BCUT2D eigenvalue weighted by Crippen LogP contribution is -2.20. The molecule has 1 aromatic rings. The number of nitrogens with zero attached hydrogens (tertiary/aromatic N) is 1. The molecule has 0 aliphatic rings. The van der Waals surface area contributed by atoms with E-state index in [1.54, 1.807) is 6.92 Å². The second-order valence-electron chi connectivity index (χ2n) is 3.68. The van der Waals surface area contributed by atoms with Gasteiger partial charge in [0.15, 0.2) is 11.1 Å². The highest BCUT2D eigenvalue weighted by atomic mass is 32.2. The molecule has 21 heavy (non-hydrogen) atoms. The molecule has 1 aromatic heterocycles. The lowest BCUT2D eigenvalue weighted by molar-refractivity contribution is -0.109. The standard InChI is InChI=1S/C11H17N5O3S2/c1-2-19-9(18)8-7(5-20-4-3-14-6-17)15-11(21-8)16-10(12)13/h6H,2-5H2,1H3,(H,14,17)(H4,12,13,15,16). The van der Waals surface area contributed by atoms with Gasteiger partial charge in [0.25, 0.3) is 0 Å². The van der Waals surface area contributed by atoms with E-state index >= 15 is 0 Å². The number of esters is 1. The Morgan fingerprint density at radius 2 is 2.38 bits per heavy atom. The van der Waals surface area contributed by atoms with E-state index in [4.69, 9.17) is 15.9 Å². The molecule has 0 bridgehead atoms. The number of nitrogens with one attached hydrogen (secondary N) is 3. The van der Waals surface area contributed by atoms with Crippen LogP contribution in [0.15, 0.2) is 0 Å². The van der Waals surface area contributed by atoms with Crippen LogP contribution < -0.4 is 16.4 Å². The van der Waals surface area contributed by atoms with Crippen molar-refractivity contribution in [3.63, 3.8) is 0 Å². The lowest BCUT2D eigenvalue weighted by atomic mass is 10.4. The summed E-state index contributed by atoms with van der Waals surface area (Å²) in [6.45, 7) is 2.56. The van der Waals surface area contributed by atoms with Gasteiger partial charge in [-0.3, -0.25) is 10.2 Å². The molecule has 0 fully saturated rings. The summed E-state index contributed by atoms with van der Waals surface area (Å²) in [7, 11) is 0. The Bertz CT molecular complexity index is 506. The minimum atomic E-state index is -0.437. The SMILES string of the molecule is CCOC(=O)c1sc(NC(=N)N)nc1CSCCNC=O. The van der Waals surface area contributed by atoms with Crippen molar-refractivity contribution in [3.05, 3.63) is 10.6 Å². The average Bonchev–Trinajstić information content (AvgIpc) is 2.81. The molecular weight excluding hydrogens is 314 g/mol. The fraction of sp³-hybridized carbons (Fsp3) is 0.455. The first-order chi connectivity index (χ1) is 10.1. The Morgan fingerprint density at radius 3 is 3.00 bits per heavy atom. The van der Waals surface area contributed by atoms with Crippen molar-refractivity contribution in [2.75, 3.05) is 24.2 Å². The largest absolute Gasteiger partial charge is 0.462 e. The van der Waals surface area contributed by atoms with Gasteiger partial charge in [-0.25, -0.2) is 9.78 Å². The maximum absolute atomic E-state index is 11.9. The molecule has 0 spiro atoms. The van der Waals surface area contributed by atoms with E-state index < -0.39 is 5.97 Å². The zero-order chi connectivity index (χ0) is 15.7. The van der Waals surface area contributed by atoms with Crippen molar-refractivity contribution in [1.29, 1.82) is 5.41 Å². The monoisotopic (exact) mass is 331 g/mol. The van der Waals surface area contributed by atoms with Gasteiger partial charge in [0.05, 0.1) is 12.3 Å². The van der Waals surface area contributed by atoms with Gasteiger partial charge in [0.2, 0.25) is 6.41 Å². The third-order valence-corrected chi connectivity index (χ3v) is 4.08. The molecule has 0 radical (unpaired) electrons. The molecule has 0 aliphatic heterocycles. The van der Waals surface area contributed by atoms with Gasteiger partial charge in [-0.05, 0) is 6.92 Å². The summed E-state index contributed by atoms with van der Waals surface area (Å²) in [6, 6.07) is 0. The van der Waals surface area contributed by atoms with Crippen LogP contribution in [0.5, 0.6) is 0 Å². The molecule has 8 nitrogen and oxygen atoms in total. The molecule has 0 aliphatic carbocycles. The summed E-state index contributed by atoms with van der Waals surface area (Å²) in [5.74, 6) is 0.528. The molecule has 116 valence electrons. The third-order valence-electron chi connectivity index (χ3n) is 2.11. The first-order valence-electron chi connectivity index (χ1n) is 6.11. The molecule has 10 heteroatoms. The molecule has 1 heterocycles. The number of anilines is 1. The number of nitrogens with two attached hydrogens (primary N) is 1. The Hall–Kier alpha value is -1.81. The van der Waals surface area contributed by atoms with Gasteiger partial charge in [0.1, 0.15) is 4.88 Å². The number of aromatic nitrogens is 1. The molecule has 1 amide bonds. The van der Waals surface area contributed by atoms with E-state index in [1.165, 1.54) is 11.8 Å². The Balaban J connectivity index is 2.73. The van der Waals surface area contributed by atoms with E-state index in [-0.39, 0.29) is 12.6 Å². The van der Waals surface area contributed by atoms with Crippen molar-refractivity contribution >= 4 is 46.6 Å². The predicted molar refractivity (Wildman–Crippen MR) is 83.8 cm³/mol. The van der Waals surface area contributed by atoms with Crippen LogP contribution in [-0.2, 0) is 15.3 Å². The van der Waals surface area contributed by atoms with Crippen LogP contribution in [-0.4, -0.2) is 42.2 Å². The summed E-state index contributed by atoms with van der Waals surface area (Å²) >= 11 is 2.63. The molecule has 5 N–H and O–H groups in total. The number of thiazole rings is 1. The van der Waals surface area contributed by atoms with E-state index in [0.29, 0.717) is 40.2 Å². The molecule has 0 aromatic carbocycles. The minimum absolute atomic E-state index is 0.242. The summed E-state index contributed by atoms with van der Waals surface area (Å²) in [4.78, 5) is 26.6. The van der Waals surface area contributed by atoms with Crippen molar-refractivity contribution < 1.29 is 14.3 Å². The van der Waals surface area contributed by atoms with Gasteiger partial charge >= 0.3 is 5.97 Å². The van der Waals surface area contributed by atoms with E-state index in [9.17, 15) is 9.59 Å². The van der Waals surface area contributed by atoms with Gasteiger partial charge in [-0.2, -0.15) is 11.8 Å². The van der Waals surface area contributed by atoms with Gasteiger partial charge in [-0.15, -0.1) is 0 Å². The summed E-state index contributed by atoms with van der Waals surface area (Å²) in [5, 5.41) is 12.7. The highest BCUT2D eigenvalue weighted by molar-refractivity contribution is 7.98. The summed E-state index contributed by atoms with van der Waals surface area (Å²) in [5.41, 5.74) is 5.83. The van der Waals surface area contributed by atoms with Crippen LogP contribution in [0.4, 0.5) is 5.13 Å². The van der Waals surface area contributed by atoms with E-state index in [0.717, 1.165) is 11.3 Å². The maximum atomic E-state index is 11.9. The van der Waals surface area contributed by atoms with E-state index in [2.05, 4.69) is 15.6 Å². The lowest BCUT2D eigenvalue weighted by Gasteiger charge is -2.02. The van der Waals surface area contributed by atoms with Crippen molar-refractivity contribution in [1.82, 2.24) is 10.3 Å². The predicted octanol–water partition coefficient (Wildman–Crippen LogP) is 0.604. The minimum Gasteiger partial charge on any atom is -0.462 e. The first-order valence-corrected chi connectivity index (χ1v) is 8.08. The number of ether oxygens (including phenoxy) is 1. The quantitative estimate of drug-likeness (QED) is 0.171. The number of amides is 1. The topological polar surface area (TPSA) is 130 Å².